The normalized spacial score (nSPS) is 16.7. The lowest BCUT2D eigenvalue weighted by atomic mass is 10.1. The second kappa shape index (κ2) is 8.06. The van der Waals surface area contributed by atoms with Crippen molar-refractivity contribution in [1.82, 2.24) is 10.3 Å². The molecule has 8 heteroatoms. The molecule has 0 aliphatic heterocycles. The zero-order valence-corrected chi connectivity index (χ0v) is 15.8. The van der Waals surface area contributed by atoms with Crippen molar-refractivity contribution in [3.05, 3.63) is 53.3 Å². The number of nitrogens with one attached hydrogen (secondary N) is 1. The molecule has 2 aliphatic rings. The molecule has 0 saturated heterocycles. The lowest BCUT2D eigenvalue weighted by Crippen LogP contribution is -2.39. The first-order valence-electron chi connectivity index (χ1n) is 9.66. The number of nitrogens with zero attached hydrogens (tertiary/aromatic N) is 1. The molecule has 2 saturated carbocycles. The summed E-state index contributed by atoms with van der Waals surface area (Å²) in [6.07, 6.45) is 3.63. The molecule has 29 heavy (non-hydrogen) atoms. The van der Waals surface area contributed by atoms with E-state index in [1.807, 2.05) is 6.07 Å². The molecule has 2 fully saturated rings. The zero-order valence-electron chi connectivity index (χ0n) is 15.8. The van der Waals surface area contributed by atoms with Crippen LogP contribution in [0.1, 0.15) is 48.8 Å². The third-order valence-electron chi connectivity index (χ3n) is 4.98. The number of hydrogen-bond acceptors (Lipinski definition) is 5. The number of carbonyl (C=O) groups excluding carboxylic acids is 2. The van der Waals surface area contributed by atoms with E-state index in [2.05, 4.69) is 10.3 Å². The van der Waals surface area contributed by atoms with E-state index >= 15 is 0 Å². The van der Waals surface area contributed by atoms with E-state index in [0.717, 1.165) is 31.2 Å². The SMILES string of the molecule is NC(=O)[C@@H](NC(=O)Oc1ccc(C2CC2)c(OCC2CC2)n1)c1ccc(F)cc1. The largest absolute Gasteiger partial charge is 0.477 e. The van der Waals surface area contributed by atoms with Gasteiger partial charge in [-0.15, -0.1) is 0 Å². The maximum absolute atomic E-state index is 13.1. The Labute approximate surface area is 167 Å². The van der Waals surface area contributed by atoms with Gasteiger partial charge in [0.2, 0.25) is 17.7 Å². The Bertz CT molecular complexity index is 911. The Morgan fingerprint density at radius 2 is 1.86 bits per heavy atom. The van der Waals surface area contributed by atoms with Gasteiger partial charge >= 0.3 is 6.09 Å². The summed E-state index contributed by atoms with van der Waals surface area (Å²) < 4.78 is 24.2. The van der Waals surface area contributed by atoms with Crippen LogP contribution in [0, 0.1) is 11.7 Å². The van der Waals surface area contributed by atoms with Crippen molar-refractivity contribution >= 4 is 12.0 Å². The molecular formula is C21H22FN3O4. The molecule has 0 unspecified atom stereocenters. The Morgan fingerprint density at radius 1 is 1.14 bits per heavy atom. The number of amides is 2. The highest BCUT2D eigenvalue weighted by molar-refractivity contribution is 5.85. The third-order valence-corrected chi connectivity index (χ3v) is 4.98. The predicted molar refractivity (Wildman–Crippen MR) is 102 cm³/mol. The molecule has 1 aromatic carbocycles. The van der Waals surface area contributed by atoms with Crippen LogP contribution in [0.25, 0.3) is 0 Å². The zero-order chi connectivity index (χ0) is 20.4. The molecular weight excluding hydrogens is 377 g/mol. The van der Waals surface area contributed by atoms with E-state index in [1.165, 1.54) is 24.3 Å². The molecule has 1 aromatic heterocycles. The van der Waals surface area contributed by atoms with Crippen LogP contribution in [0.5, 0.6) is 11.8 Å². The molecule has 2 amide bonds. The standard InChI is InChI=1S/C21H22FN3O4/c22-15-7-5-14(6-8-15)18(19(23)26)25-21(27)29-17-10-9-16(13-3-4-13)20(24-17)28-11-12-1-2-12/h5-10,12-13,18H,1-4,11H2,(H2,23,26)(H,25,27)/t18-/m0/s1. The predicted octanol–water partition coefficient (Wildman–Crippen LogP) is 3.20. The summed E-state index contributed by atoms with van der Waals surface area (Å²) in [4.78, 5) is 28.4. The van der Waals surface area contributed by atoms with Gasteiger partial charge in [-0.25, -0.2) is 9.18 Å². The van der Waals surface area contributed by atoms with E-state index in [1.54, 1.807) is 6.07 Å². The molecule has 0 bridgehead atoms. The molecule has 1 heterocycles. The van der Waals surface area contributed by atoms with Gasteiger partial charge in [-0.3, -0.25) is 4.79 Å². The molecule has 1 atom stereocenters. The second-order valence-corrected chi connectivity index (χ2v) is 7.49. The van der Waals surface area contributed by atoms with Crippen LogP contribution in [0.15, 0.2) is 36.4 Å². The van der Waals surface area contributed by atoms with Crippen LogP contribution >= 0.6 is 0 Å². The van der Waals surface area contributed by atoms with Crippen LogP contribution in [-0.2, 0) is 4.79 Å². The first kappa shape index (κ1) is 19.2. The van der Waals surface area contributed by atoms with Gasteiger partial charge in [0, 0.05) is 11.6 Å². The summed E-state index contributed by atoms with van der Waals surface area (Å²) >= 11 is 0. The van der Waals surface area contributed by atoms with Gasteiger partial charge in [0.15, 0.2) is 0 Å². The fourth-order valence-corrected chi connectivity index (χ4v) is 3.01. The lowest BCUT2D eigenvalue weighted by Gasteiger charge is -2.16. The average Bonchev–Trinajstić information content (AvgIpc) is 3.59. The Morgan fingerprint density at radius 3 is 2.48 bits per heavy atom. The van der Waals surface area contributed by atoms with Crippen LogP contribution in [0.4, 0.5) is 9.18 Å². The topological polar surface area (TPSA) is 104 Å². The summed E-state index contributed by atoms with van der Waals surface area (Å²) in [6.45, 7) is 0.608. The van der Waals surface area contributed by atoms with Gasteiger partial charge in [0.1, 0.15) is 11.9 Å². The second-order valence-electron chi connectivity index (χ2n) is 7.49. The van der Waals surface area contributed by atoms with Gasteiger partial charge in [0.25, 0.3) is 0 Å². The first-order chi connectivity index (χ1) is 14.0. The van der Waals surface area contributed by atoms with Crippen LogP contribution in [0.3, 0.4) is 0 Å². The molecule has 152 valence electrons. The van der Waals surface area contributed by atoms with E-state index in [9.17, 15) is 14.0 Å². The summed E-state index contributed by atoms with van der Waals surface area (Å²) in [6, 6.07) is 7.42. The molecule has 2 aliphatic carbocycles. The Balaban J connectivity index is 1.44. The smallest absolute Gasteiger partial charge is 0.414 e. The third kappa shape index (κ3) is 5.01. The summed E-state index contributed by atoms with van der Waals surface area (Å²) in [5, 5.41) is 2.39. The van der Waals surface area contributed by atoms with E-state index < -0.39 is 23.9 Å². The van der Waals surface area contributed by atoms with Crippen molar-refractivity contribution in [1.29, 1.82) is 0 Å². The summed E-state index contributed by atoms with van der Waals surface area (Å²) in [5.74, 6) is 0.327. The molecule has 2 aromatic rings. The van der Waals surface area contributed by atoms with Crippen molar-refractivity contribution in [2.75, 3.05) is 6.61 Å². The van der Waals surface area contributed by atoms with Crippen molar-refractivity contribution in [2.24, 2.45) is 11.7 Å². The highest BCUT2D eigenvalue weighted by Gasteiger charge is 2.30. The number of halogens is 1. The summed E-state index contributed by atoms with van der Waals surface area (Å²) in [7, 11) is 0. The molecule has 0 radical (unpaired) electrons. The highest BCUT2D eigenvalue weighted by Crippen LogP contribution is 2.44. The average molecular weight is 399 g/mol. The van der Waals surface area contributed by atoms with Crippen LogP contribution < -0.4 is 20.5 Å². The van der Waals surface area contributed by atoms with Gasteiger partial charge in [-0.2, -0.15) is 4.98 Å². The van der Waals surface area contributed by atoms with E-state index in [0.29, 0.717) is 29.9 Å². The van der Waals surface area contributed by atoms with E-state index in [-0.39, 0.29) is 5.88 Å². The summed E-state index contributed by atoms with van der Waals surface area (Å²) in [5.41, 5.74) is 6.74. The molecule has 0 spiro atoms. The molecule has 3 N–H and O–H groups in total. The highest BCUT2D eigenvalue weighted by atomic mass is 19.1. The maximum atomic E-state index is 13.1. The number of rotatable bonds is 8. The number of hydrogen-bond donors (Lipinski definition) is 2. The monoisotopic (exact) mass is 399 g/mol. The first-order valence-corrected chi connectivity index (χ1v) is 9.66. The number of benzene rings is 1. The van der Waals surface area contributed by atoms with Gasteiger partial charge in [-0.05, 0) is 61.3 Å². The number of aromatic nitrogens is 1. The van der Waals surface area contributed by atoms with Gasteiger partial charge in [-0.1, -0.05) is 12.1 Å². The Hall–Kier alpha value is -3.16. The minimum absolute atomic E-state index is 0.0695. The number of primary amides is 1. The van der Waals surface area contributed by atoms with E-state index in [4.69, 9.17) is 15.2 Å². The van der Waals surface area contributed by atoms with Crippen LogP contribution in [-0.4, -0.2) is 23.6 Å². The van der Waals surface area contributed by atoms with Crippen molar-refractivity contribution in [3.63, 3.8) is 0 Å². The number of pyridine rings is 1. The number of nitrogens with two attached hydrogens (primary N) is 1. The van der Waals surface area contributed by atoms with Crippen molar-refractivity contribution in [2.45, 2.75) is 37.6 Å². The Kier molecular flexibility index (Phi) is 5.33. The van der Waals surface area contributed by atoms with Crippen molar-refractivity contribution < 1.29 is 23.5 Å². The number of carbonyl (C=O) groups is 2. The maximum Gasteiger partial charge on any atom is 0.414 e. The van der Waals surface area contributed by atoms with Crippen LogP contribution in [0.2, 0.25) is 0 Å². The van der Waals surface area contributed by atoms with Gasteiger partial charge < -0.3 is 20.5 Å². The quantitative estimate of drug-likeness (QED) is 0.709. The fraction of sp³-hybridized carbons (Fsp3) is 0.381. The molecule has 7 nitrogen and oxygen atoms in total. The van der Waals surface area contributed by atoms with Crippen molar-refractivity contribution in [3.8, 4) is 11.8 Å². The molecule has 4 rings (SSSR count). The lowest BCUT2D eigenvalue weighted by molar-refractivity contribution is -0.120. The minimum Gasteiger partial charge on any atom is -0.477 e. The fourth-order valence-electron chi connectivity index (χ4n) is 3.01. The minimum atomic E-state index is -1.15. The van der Waals surface area contributed by atoms with Gasteiger partial charge in [0.05, 0.1) is 6.61 Å². The number of ether oxygens (including phenoxy) is 2.